The Bertz CT molecular complexity index is 293. The van der Waals surface area contributed by atoms with Gasteiger partial charge in [0.05, 0.1) is 0 Å². The van der Waals surface area contributed by atoms with Crippen LogP contribution < -0.4 is 5.32 Å². The van der Waals surface area contributed by atoms with E-state index in [9.17, 15) is 8.78 Å². The molecular formula is C13H19F2N. The van der Waals surface area contributed by atoms with Crippen LogP contribution in [-0.4, -0.2) is 13.1 Å². The maximum Gasteiger partial charge on any atom is 0.126 e. The van der Waals surface area contributed by atoms with E-state index in [0.29, 0.717) is 0 Å². The molecule has 0 bridgehead atoms. The van der Waals surface area contributed by atoms with Crippen molar-refractivity contribution in [1.82, 2.24) is 5.32 Å². The molecule has 0 atom stereocenters. The van der Waals surface area contributed by atoms with Gasteiger partial charge in [0.2, 0.25) is 0 Å². The molecule has 1 aromatic rings. The molecule has 1 aromatic carbocycles. The summed E-state index contributed by atoms with van der Waals surface area (Å²) in [7, 11) is 0. The quantitative estimate of drug-likeness (QED) is 0.705. The molecule has 0 aromatic heterocycles. The van der Waals surface area contributed by atoms with Crippen molar-refractivity contribution < 1.29 is 8.78 Å². The maximum absolute atomic E-state index is 12.9. The third-order valence-corrected chi connectivity index (χ3v) is 2.42. The molecule has 1 nitrogen and oxygen atoms in total. The highest BCUT2D eigenvalue weighted by molar-refractivity contribution is 5.17. The van der Waals surface area contributed by atoms with Crippen LogP contribution >= 0.6 is 0 Å². The number of aryl methyl sites for hydroxylation is 1. The Hall–Kier alpha value is -0.960. The summed E-state index contributed by atoms with van der Waals surface area (Å²) in [6, 6.07) is 3.72. The largest absolute Gasteiger partial charge is 0.317 e. The van der Waals surface area contributed by atoms with E-state index < -0.39 is 11.6 Å². The second kappa shape index (κ2) is 7.34. The van der Waals surface area contributed by atoms with Crippen LogP contribution in [0.1, 0.15) is 31.7 Å². The first-order valence-electron chi connectivity index (χ1n) is 5.88. The molecule has 1 rings (SSSR count). The first kappa shape index (κ1) is 13.1. The maximum atomic E-state index is 12.9. The van der Waals surface area contributed by atoms with Crippen molar-refractivity contribution in [2.75, 3.05) is 13.1 Å². The Balaban J connectivity index is 2.21. The van der Waals surface area contributed by atoms with Gasteiger partial charge in [-0.1, -0.05) is 6.92 Å². The molecular weight excluding hydrogens is 208 g/mol. The fourth-order valence-electron chi connectivity index (χ4n) is 1.64. The average molecular weight is 227 g/mol. The number of hydrogen-bond donors (Lipinski definition) is 1. The van der Waals surface area contributed by atoms with Gasteiger partial charge in [-0.25, -0.2) is 8.78 Å². The number of halogens is 2. The first-order valence-corrected chi connectivity index (χ1v) is 5.88. The number of benzene rings is 1. The van der Waals surface area contributed by atoms with Crippen molar-refractivity contribution in [3.05, 3.63) is 35.4 Å². The van der Waals surface area contributed by atoms with E-state index in [1.807, 2.05) is 0 Å². The fraction of sp³-hybridized carbons (Fsp3) is 0.538. The van der Waals surface area contributed by atoms with Gasteiger partial charge < -0.3 is 5.32 Å². The van der Waals surface area contributed by atoms with Crippen molar-refractivity contribution in [3.8, 4) is 0 Å². The number of unbranched alkanes of at least 4 members (excludes halogenated alkanes) is 1. The summed E-state index contributed by atoms with van der Waals surface area (Å²) in [5, 5.41) is 3.30. The Morgan fingerprint density at radius 3 is 2.31 bits per heavy atom. The van der Waals surface area contributed by atoms with E-state index >= 15 is 0 Å². The lowest BCUT2D eigenvalue weighted by molar-refractivity contribution is 0.575. The second-order valence-electron chi connectivity index (χ2n) is 3.98. The standard InChI is InChI=1S/C13H19F2N/c1-2-6-16-7-4-3-5-11-8-12(14)10-13(15)9-11/h8-10,16H,2-7H2,1H3. The number of rotatable bonds is 7. The molecule has 0 aliphatic rings. The third-order valence-electron chi connectivity index (χ3n) is 2.42. The third kappa shape index (κ3) is 5.21. The molecule has 3 heteroatoms. The Labute approximate surface area is 95.9 Å². The molecule has 0 aliphatic carbocycles. The summed E-state index contributed by atoms with van der Waals surface area (Å²) in [6.07, 6.45) is 3.87. The smallest absolute Gasteiger partial charge is 0.126 e. The predicted molar refractivity (Wildman–Crippen MR) is 62.5 cm³/mol. The molecule has 0 spiro atoms. The topological polar surface area (TPSA) is 12.0 Å². The van der Waals surface area contributed by atoms with Gasteiger partial charge in [0.25, 0.3) is 0 Å². The molecule has 0 amide bonds. The van der Waals surface area contributed by atoms with Crippen LogP contribution in [0.2, 0.25) is 0 Å². The van der Waals surface area contributed by atoms with Gasteiger partial charge in [0, 0.05) is 6.07 Å². The van der Waals surface area contributed by atoms with Crippen molar-refractivity contribution in [1.29, 1.82) is 0 Å². The minimum absolute atomic E-state index is 0.487. The number of nitrogens with one attached hydrogen (secondary N) is 1. The summed E-state index contributed by atoms with van der Waals surface area (Å²) < 4.78 is 25.7. The molecule has 16 heavy (non-hydrogen) atoms. The summed E-state index contributed by atoms with van der Waals surface area (Å²) in [5.41, 5.74) is 0.744. The molecule has 0 radical (unpaired) electrons. The highest BCUT2D eigenvalue weighted by Gasteiger charge is 2.00. The van der Waals surface area contributed by atoms with E-state index in [0.717, 1.165) is 50.4 Å². The minimum Gasteiger partial charge on any atom is -0.317 e. The van der Waals surface area contributed by atoms with Gasteiger partial charge in [0.15, 0.2) is 0 Å². The van der Waals surface area contributed by atoms with Crippen molar-refractivity contribution in [2.24, 2.45) is 0 Å². The Morgan fingerprint density at radius 2 is 1.69 bits per heavy atom. The lowest BCUT2D eigenvalue weighted by Crippen LogP contribution is -2.15. The second-order valence-corrected chi connectivity index (χ2v) is 3.98. The molecule has 0 heterocycles. The zero-order valence-corrected chi connectivity index (χ0v) is 9.73. The Morgan fingerprint density at radius 1 is 1.00 bits per heavy atom. The molecule has 1 N–H and O–H groups in total. The molecule has 0 saturated carbocycles. The molecule has 0 aliphatic heterocycles. The van der Waals surface area contributed by atoms with Crippen LogP contribution in [0.15, 0.2) is 18.2 Å². The molecule has 0 fully saturated rings. The first-order chi connectivity index (χ1) is 7.72. The average Bonchev–Trinajstić information content (AvgIpc) is 2.22. The lowest BCUT2D eigenvalue weighted by Gasteiger charge is -2.04. The van der Waals surface area contributed by atoms with E-state index in [1.165, 1.54) is 12.1 Å². The summed E-state index contributed by atoms with van der Waals surface area (Å²) >= 11 is 0. The molecule has 90 valence electrons. The molecule has 0 saturated heterocycles. The minimum atomic E-state index is -0.487. The van der Waals surface area contributed by atoms with Crippen molar-refractivity contribution in [3.63, 3.8) is 0 Å². The van der Waals surface area contributed by atoms with Gasteiger partial charge in [0.1, 0.15) is 11.6 Å². The zero-order chi connectivity index (χ0) is 11.8. The van der Waals surface area contributed by atoms with E-state index in [1.54, 1.807) is 0 Å². The van der Waals surface area contributed by atoms with E-state index in [2.05, 4.69) is 12.2 Å². The van der Waals surface area contributed by atoms with Gasteiger partial charge in [-0.3, -0.25) is 0 Å². The summed E-state index contributed by atoms with van der Waals surface area (Å²) in [4.78, 5) is 0. The highest BCUT2D eigenvalue weighted by atomic mass is 19.1. The van der Waals surface area contributed by atoms with Crippen LogP contribution in [0.25, 0.3) is 0 Å². The predicted octanol–water partition coefficient (Wildman–Crippen LogP) is 3.29. The van der Waals surface area contributed by atoms with Gasteiger partial charge in [-0.15, -0.1) is 0 Å². The van der Waals surface area contributed by atoms with E-state index in [4.69, 9.17) is 0 Å². The van der Waals surface area contributed by atoms with E-state index in [-0.39, 0.29) is 0 Å². The van der Waals surface area contributed by atoms with Crippen molar-refractivity contribution >= 4 is 0 Å². The van der Waals surface area contributed by atoms with Crippen LogP contribution in [0.3, 0.4) is 0 Å². The lowest BCUT2D eigenvalue weighted by atomic mass is 10.1. The van der Waals surface area contributed by atoms with Crippen molar-refractivity contribution in [2.45, 2.75) is 32.6 Å². The highest BCUT2D eigenvalue weighted by Crippen LogP contribution is 2.10. The van der Waals surface area contributed by atoms with Gasteiger partial charge in [-0.05, 0) is 56.5 Å². The van der Waals surface area contributed by atoms with Gasteiger partial charge in [-0.2, -0.15) is 0 Å². The zero-order valence-electron chi connectivity index (χ0n) is 9.73. The summed E-state index contributed by atoms with van der Waals surface area (Å²) in [6.45, 7) is 4.14. The van der Waals surface area contributed by atoms with Crippen LogP contribution in [0, 0.1) is 11.6 Å². The number of hydrogen-bond acceptors (Lipinski definition) is 1. The molecule has 0 unspecified atom stereocenters. The Kier molecular flexibility index (Phi) is 6.01. The van der Waals surface area contributed by atoms with Gasteiger partial charge >= 0.3 is 0 Å². The van der Waals surface area contributed by atoms with Crippen LogP contribution in [0.5, 0.6) is 0 Å². The SMILES string of the molecule is CCCNCCCCc1cc(F)cc(F)c1. The monoisotopic (exact) mass is 227 g/mol. The normalized spacial score (nSPS) is 10.7. The fourth-order valence-corrected chi connectivity index (χ4v) is 1.64. The summed E-state index contributed by atoms with van der Waals surface area (Å²) in [5.74, 6) is -0.974. The van der Waals surface area contributed by atoms with Crippen LogP contribution in [0.4, 0.5) is 8.78 Å². The van der Waals surface area contributed by atoms with Crippen LogP contribution in [-0.2, 0) is 6.42 Å².